The summed E-state index contributed by atoms with van der Waals surface area (Å²) in [7, 11) is 0. The van der Waals surface area contributed by atoms with Crippen molar-refractivity contribution in [1.29, 1.82) is 0 Å². The third-order valence-corrected chi connectivity index (χ3v) is 2.71. The standard InChI is InChI=1S/C12H11BrN2O4/c13-9-3-1-2-8(4-9)5-10-14-11(19-15-10)6-18-7-12(16)17/h1-4H,5-7H2,(H,16,17). The predicted molar refractivity (Wildman–Crippen MR) is 68.5 cm³/mol. The third-order valence-electron chi connectivity index (χ3n) is 2.21. The highest BCUT2D eigenvalue weighted by Gasteiger charge is 2.08. The van der Waals surface area contributed by atoms with Crippen LogP contribution in [-0.4, -0.2) is 27.8 Å². The molecule has 0 bridgehead atoms. The second-order valence-electron chi connectivity index (χ2n) is 3.80. The van der Waals surface area contributed by atoms with Gasteiger partial charge in [-0.2, -0.15) is 4.98 Å². The Morgan fingerprint density at radius 1 is 1.47 bits per heavy atom. The van der Waals surface area contributed by atoms with E-state index in [4.69, 9.17) is 14.4 Å². The van der Waals surface area contributed by atoms with Gasteiger partial charge in [-0.15, -0.1) is 0 Å². The number of aromatic nitrogens is 2. The van der Waals surface area contributed by atoms with Gasteiger partial charge in [0.05, 0.1) is 0 Å². The van der Waals surface area contributed by atoms with E-state index in [0.29, 0.717) is 12.2 Å². The highest BCUT2D eigenvalue weighted by molar-refractivity contribution is 9.10. The van der Waals surface area contributed by atoms with E-state index in [0.717, 1.165) is 10.0 Å². The first kappa shape index (κ1) is 13.7. The summed E-state index contributed by atoms with van der Waals surface area (Å²) in [6, 6.07) is 7.79. The molecule has 0 amide bonds. The quantitative estimate of drug-likeness (QED) is 0.874. The van der Waals surface area contributed by atoms with Crippen LogP contribution in [0.15, 0.2) is 33.3 Å². The van der Waals surface area contributed by atoms with Gasteiger partial charge in [0, 0.05) is 10.9 Å². The monoisotopic (exact) mass is 326 g/mol. The summed E-state index contributed by atoms with van der Waals surface area (Å²) < 4.78 is 10.8. The fraction of sp³-hybridized carbons (Fsp3) is 0.250. The lowest BCUT2D eigenvalue weighted by Crippen LogP contribution is -2.06. The van der Waals surface area contributed by atoms with Gasteiger partial charge in [-0.25, -0.2) is 4.79 Å². The number of hydrogen-bond acceptors (Lipinski definition) is 5. The Balaban J connectivity index is 1.92. The fourth-order valence-electron chi connectivity index (χ4n) is 1.48. The first-order valence-corrected chi connectivity index (χ1v) is 6.28. The van der Waals surface area contributed by atoms with Crippen molar-refractivity contribution in [3.63, 3.8) is 0 Å². The molecule has 0 saturated heterocycles. The average Bonchev–Trinajstić information content (AvgIpc) is 2.76. The van der Waals surface area contributed by atoms with Gasteiger partial charge in [0.25, 0.3) is 5.89 Å². The van der Waals surface area contributed by atoms with Crippen molar-refractivity contribution in [3.05, 3.63) is 46.0 Å². The highest BCUT2D eigenvalue weighted by atomic mass is 79.9. The van der Waals surface area contributed by atoms with E-state index in [1.54, 1.807) is 0 Å². The Labute approximate surface area is 117 Å². The Hall–Kier alpha value is -1.73. The maximum atomic E-state index is 10.3. The van der Waals surface area contributed by atoms with Gasteiger partial charge >= 0.3 is 5.97 Å². The molecule has 0 spiro atoms. The van der Waals surface area contributed by atoms with E-state index in [1.807, 2.05) is 24.3 Å². The van der Waals surface area contributed by atoms with Crippen LogP contribution in [0.1, 0.15) is 17.3 Å². The molecule has 0 fully saturated rings. The van der Waals surface area contributed by atoms with E-state index >= 15 is 0 Å². The number of halogens is 1. The summed E-state index contributed by atoms with van der Waals surface area (Å²) in [6.45, 7) is -0.388. The van der Waals surface area contributed by atoms with Crippen LogP contribution in [0.2, 0.25) is 0 Å². The number of carbonyl (C=O) groups is 1. The molecule has 1 aromatic carbocycles. The van der Waals surface area contributed by atoms with Crippen LogP contribution < -0.4 is 0 Å². The van der Waals surface area contributed by atoms with E-state index < -0.39 is 5.97 Å². The van der Waals surface area contributed by atoms with E-state index in [1.165, 1.54) is 0 Å². The van der Waals surface area contributed by atoms with Crippen molar-refractivity contribution < 1.29 is 19.2 Å². The molecule has 100 valence electrons. The molecule has 6 nitrogen and oxygen atoms in total. The van der Waals surface area contributed by atoms with Gasteiger partial charge in [-0.05, 0) is 17.7 Å². The summed E-state index contributed by atoms with van der Waals surface area (Å²) >= 11 is 3.39. The number of ether oxygens (including phenoxy) is 1. The molecule has 0 saturated carbocycles. The molecule has 2 rings (SSSR count). The lowest BCUT2D eigenvalue weighted by atomic mass is 10.1. The maximum Gasteiger partial charge on any atom is 0.329 e. The molecule has 1 N–H and O–H groups in total. The van der Waals surface area contributed by atoms with Crippen LogP contribution in [0.5, 0.6) is 0 Å². The van der Waals surface area contributed by atoms with Crippen LogP contribution in [0, 0.1) is 0 Å². The fourth-order valence-corrected chi connectivity index (χ4v) is 1.92. The molecule has 0 aliphatic rings. The van der Waals surface area contributed by atoms with Crippen LogP contribution >= 0.6 is 15.9 Å². The molecule has 0 atom stereocenters. The van der Waals surface area contributed by atoms with Crippen molar-refractivity contribution in [2.45, 2.75) is 13.0 Å². The average molecular weight is 327 g/mol. The van der Waals surface area contributed by atoms with Gasteiger partial charge in [0.2, 0.25) is 0 Å². The second-order valence-corrected chi connectivity index (χ2v) is 4.71. The van der Waals surface area contributed by atoms with E-state index in [2.05, 4.69) is 26.1 Å². The molecule has 0 aliphatic heterocycles. The zero-order valence-corrected chi connectivity index (χ0v) is 11.5. The second kappa shape index (κ2) is 6.44. The van der Waals surface area contributed by atoms with E-state index in [-0.39, 0.29) is 19.1 Å². The molecule has 7 heteroatoms. The van der Waals surface area contributed by atoms with Gasteiger partial charge in [-0.1, -0.05) is 33.2 Å². The van der Waals surface area contributed by atoms with Gasteiger partial charge in [-0.3, -0.25) is 0 Å². The number of hydrogen-bond donors (Lipinski definition) is 1. The first-order chi connectivity index (χ1) is 9.13. The summed E-state index contributed by atoms with van der Waals surface area (Å²) in [5, 5.41) is 12.2. The van der Waals surface area contributed by atoms with Crippen molar-refractivity contribution in [2.24, 2.45) is 0 Å². The molecule has 19 heavy (non-hydrogen) atoms. The van der Waals surface area contributed by atoms with E-state index in [9.17, 15) is 4.79 Å². The van der Waals surface area contributed by atoms with Gasteiger partial charge < -0.3 is 14.4 Å². The zero-order valence-electron chi connectivity index (χ0n) is 9.88. The largest absolute Gasteiger partial charge is 0.480 e. The maximum absolute atomic E-state index is 10.3. The minimum absolute atomic E-state index is 0.00220. The number of aliphatic carboxylic acids is 1. The predicted octanol–water partition coefficient (Wildman–Crippen LogP) is 2.02. The zero-order chi connectivity index (χ0) is 13.7. The number of carboxylic acids is 1. The smallest absolute Gasteiger partial charge is 0.329 e. The summed E-state index contributed by atoms with van der Waals surface area (Å²) in [6.07, 6.45) is 0.544. The molecule has 2 aromatic rings. The summed E-state index contributed by atoms with van der Waals surface area (Å²) in [4.78, 5) is 14.4. The summed E-state index contributed by atoms with van der Waals surface area (Å²) in [5.41, 5.74) is 1.05. The van der Waals surface area contributed by atoms with Crippen LogP contribution in [0.3, 0.4) is 0 Å². The summed E-state index contributed by atoms with van der Waals surface area (Å²) in [5.74, 6) is -0.229. The van der Waals surface area contributed by atoms with Crippen molar-refractivity contribution in [3.8, 4) is 0 Å². The van der Waals surface area contributed by atoms with Gasteiger partial charge in [0.15, 0.2) is 5.82 Å². The van der Waals surface area contributed by atoms with Crippen LogP contribution in [0.4, 0.5) is 0 Å². The van der Waals surface area contributed by atoms with Crippen LogP contribution in [-0.2, 0) is 22.6 Å². The number of nitrogens with zero attached hydrogens (tertiary/aromatic N) is 2. The Bertz CT molecular complexity index is 570. The highest BCUT2D eigenvalue weighted by Crippen LogP contribution is 2.14. The Morgan fingerprint density at radius 3 is 3.05 bits per heavy atom. The lowest BCUT2D eigenvalue weighted by Gasteiger charge is -1.97. The number of benzene rings is 1. The molecule has 1 aromatic heterocycles. The number of rotatable bonds is 6. The Kier molecular flexibility index (Phi) is 4.64. The SMILES string of the molecule is O=C(O)COCc1nc(Cc2cccc(Br)c2)no1. The van der Waals surface area contributed by atoms with Gasteiger partial charge in [0.1, 0.15) is 13.2 Å². The normalized spacial score (nSPS) is 10.6. The lowest BCUT2D eigenvalue weighted by molar-refractivity contribution is -0.142. The third kappa shape index (κ3) is 4.46. The minimum atomic E-state index is -1.03. The molecule has 1 heterocycles. The molecular weight excluding hydrogens is 316 g/mol. The molecule has 0 radical (unpaired) electrons. The van der Waals surface area contributed by atoms with Crippen molar-refractivity contribution >= 4 is 21.9 Å². The first-order valence-electron chi connectivity index (χ1n) is 5.49. The number of carboxylic acid groups (broad SMARTS) is 1. The van der Waals surface area contributed by atoms with Crippen molar-refractivity contribution in [1.82, 2.24) is 10.1 Å². The molecular formula is C12H11BrN2O4. The van der Waals surface area contributed by atoms with Crippen LogP contribution in [0.25, 0.3) is 0 Å². The molecule has 0 unspecified atom stereocenters. The topological polar surface area (TPSA) is 85.5 Å². The Morgan fingerprint density at radius 2 is 2.32 bits per heavy atom. The minimum Gasteiger partial charge on any atom is -0.480 e. The molecule has 0 aliphatic carbocycles. The van der Waals surface area contributed by atoms with Crippen molar-refractivity contribution in [2.75, 3.05) is 6.61 Å².